The van der Waals surface area contributed by atoms with E-state index in [1.807, 2.05) is 31.8 Å². The molecule has 2 rings (SSSR count). The van der Waals surface area contributed by atoms with Crippen molar-refractivity contribution >= 4 is 11.6 Å². The van der Waals surface area contributed by atoms with Gasteiger partial charge in [0.2, 0.25) is 0 Å². The summed E-state index contributed by atoms with van der Waals surface area (Å²) in [6.07, 6.45) is 0.939. The first-order valence-corrected chi connectivity index (χ1v) is 8.82. The minimum Gasteiger partial charge on any atom is -0.375 e. The lowest BCUT2D eigenvalue weighted by Crippen LogP contribution is -2.37. The van der Waals surface area contributed by atoms with Crippen LogP contribution in [0.2, 0.25) is 0 Å². The van der Waals surface area contributed by atoms with Gasteiger partial charge in [-0.05, 0) is 44.0 Å². The highest BCUT2D eigenvalue weighted by molar-refractivity contribution is 5.79. The molecule has 0 aliphatic carbocycles. The number of hydrogen-bond donors (Lipinski definition) is 2. The van der Waals surface area contributed by atoms with E-state index < -0.39 is 0 Å². The van der Waals surface area contributed by atoms with Gasteiger partial charge in [-0.25, -0.2) is 4.39 Å². The van der Waals surface area contributed by atoms with Crippen LogP contribution >= 0.6 is 0 Å². The zero-order chi connectivity index (χ0) is 19.1. The average Bonchev–Trinajstić information content (AvgIpc) is 2.91. The molecule has 0 amide bonds. The molecule has 1 heterocycles. The molecule has 0 aliphatic rings. The molecule has 1 aromatic carbocycles. The summed E-state index contributed by atoms with van der Waals surface area (Å²) in [7, 11) is 5.38. The lowest BCUT2D eigenvalue weighted by atomic mass is 10.2. The van der Waals surface area contributed by atoms with Crippen LogP contribution in [-0.2, 0) is 13.1 Å². The molecular weight excluding hydrogens is 331 g/mol. The molecule has 7 heteroatoms. The minimum absolute atomic E-state index is 0.220. The first kappa shape index (κ1) is 19.8. The molecule has 0 atom stereocenters. The normalized spacial score (nSPS) is 11.5. The summed E-state index contributed by atoms with van der Waals surface area (Å²) in [4.78, 5) is 5.97. The Morgan fingerprint density at radius 1 is 1.23 bits per heavy atom. The summed E-state index contributed by atoms with van der Waals surface area (Å²) in [5.74, 6) is 0.484. The Morgan fingerprint density at radius 2 is 2.00 bits per heavy atom. The monoisotopic (exact) mass is 360 g/mol. The van der Waals surface area contributed by atoms with Crippen LogP contribution in [0.25, 0.3) is 0 Å². The number of anilines is 1. The standard InChI is InChI=1S/C19H29FN6/c1-14-11-15(2)26(24-14)10-6-9-22-19(21-3)23-13-16-7-8-18(25(4)5)17(20)12-16/h7-8,11-12H,6,9-10,13H2,1-5H3,(H2,21,22,23). The van der Waals surface area contributed by atoms with Gasteiger partial charge in [0.25, 0.3) is 0 Å². The van der Waals surface area contributed by atoms with Crippen molar-refractivity contribution in [2.45, 2.75) is 33.4 Å². The predicted octanol–water partition coefficient (Wildman–Crippen LogP) is 2.46. The molecule has 2 aromatic rings. The van der Waals surface area contributed by atoms with E-state index in [2.05, 4.69) is 33.7 Å². The van der Waals surface area contributed by atoms with Gasteiger partial charge in [-0.1, -0.05) is 6.07 Å². The first-order valence-electron chi connectivity index (χ1n) is 8.82. The van der Waals surface area contributed by atoms with Crippen LogP contribution in [0.3, 0.4) is 0 Å². The first-order chi connectivity index (χ1) is 12.4. The van der Waals surface area contributed by atoms with E-state index >= 15 is 0 Å². The Kier molecular flexibility index (Phi) is 7.00. The zero-order valence-electron chi connectivity index (χ0n) is 16.3. The summed E-state index contributed by atoms with van der Waals surface area (Å²) in [6, 6.07) is 7.34. The van der Waals surface area contributed by atoms with Crippen molar-refractivity contribution in [1.82, 2.24) is 20.4 Å². The predicted molar refractivity (Wildman–Crippen MR) is 105 cm³/mol. The highest BCUT2D eigenvalue weighted by atomic mass is 19.1. The van der Waals surface area contributed by atoms with Gasteiger partial charge in [-0.2, -0.15) is 5.10 Å². The molecule has 0 unspecified atom stereocenters. The lowest BCUT2D eigenvalue weighted by molar-refractivity contribution is 0.555. The number of benzene rings is 1. The highest BCUT2D eigenvalue weighted by Crippen LogP contribution is 2.18. The molecule has 0 aliphatic heterocycles. The van der Waals surface area contributed by atoms with Gasteiger partial charge in [0, 0.05) is 46.5 Å². The van der Waals surface area contributed by atoms with Crippen LogP contribution < -0.4 is 15.5 Å². The molecule has 0 saturated heterocycles. The number of nitrogens with zero attached hydrogens (tertiary/aromatic N) is 4. The van der Waals surface area contributed by atoms with Crippen LogP contribution in [-0.4, -0.2) is 43.4 Å². The van der Waals surface area contributed by atoms with Crippen LogP contribution in [0.5, 0.6) is 0 Å². The van der Waals surface area contributed by atoms with Crippen molar-refractivity contribution < 1.29 is 4.39 Å². The molecule has 2 N–H and O–H groups in total. The number of aromatic nitrogens is 2. The van der Waals surface area contributed by atoms with E-state index in [-0.39, 0.29) is 5.82 Å². The van der Waals surface area contributed by atoms with E-state index in [9.17, 15) is 4.39 Å². The van der Waals surface area contributed by atoms with E-state index in [1.54, 1.807) is 24.1 Å². The van der Waals surface area contributed by atoms with Crippen molar-refractivity contribution in [3.8, 4) is 0 Å². The molecule has 142 valence electrons. The topological polar surface area (TPSA) is 57.5 Å². The molecular formula is C19H29FN6. The lowest BCUT2D eigenvalue weighted by Gasteiger charge is -2.15. The fraction of sp³-hybridized carbons (Fsp3) is 0.474. The smallest absolute Gasteiger partial charge is 0.191 e. The van der Waals surface area contributed by atoms with Crippen molar-refractivity contribution in [2.24, 2.45) is 4.99 Å². The molecule has 0 radical (unpaired) electrons. The third-order valence-electron chi connectivity index (χ3n) is 4.12. The number of rotatable bonds is 7. The average molecular weight is 360 g/mol. The van der Waals surface area contributed by atoms with Gasteiger partial charge in [-0.15, -0.1) is 0 Å². The highest BCUT2D eigenvalue weighted by Gasteiger charge is 2.06. The summed E-state index contributed by atoms with van der Waals surface area (Å²) in [5.41, 5.74) is 3.67. The van der Waals surface area contributed by atoms with Crippen molar-refractivity contribution in [3.63, 3.8) is 0 Å². The second-order valence-corrected chi connectivity index (χ2v) is 6.54. The van der Waals surface area contributed by atoms with Gasteiger partial charge >= 0.3 is 0 Å². The Morgan fingerprint density at radius 3 is 2.58 bits per heavy atom. The van der Waals surface area contributed by atoms with Gasteiger partial charge in [-0.3, -0.25) is 9.67 Å². The van der Waals surface area contributed by atoms with E-state index in [4.69, 9.17) is 0 Å². The Balaban J connectivity index is 1.77. The van der Waals surface area contributed by atoms with E-state index in [0.29, 0.717) is 18.2 Å². The summed E-state index contributed by atoms with van der Waals surface area (Å²) < 4.78 is 16.0. The Labute approximate surface area is 155 Å². The van der Waals surface area contributed by atoms with Crippen LogP contribution in [0, 0.1) is 19.7 Å². The maximum Gasteiger partial charge on any atom is 0.191 e. The van der Waals surface area contributed by atoms with Crippen LogP contribution in [0.15, 0.2) is 29.3 Å². The molecule has 0 fully saturated rings. The number of aliphatic imine (C=N–C) groups is 1. The van der Waals surface area contributed by atoms with Crippen LogP contribution in [0.4, 0.5) is 10.1 Å². The zero-order valence-corrected chi connectivity index (χ0v) is 16.3. The van der Waals surface area contributed by atoms with Gasteiger partial charge in [0.05, 0.1) is 11.4 Å². The largest absolute Gasteiger partial charge is 0.375 e. The second kappa shape index (κ2) is 9.22. The Hall–Kier alpha value is -2.57. The third kappa shape index (κ3) is 5.47. The Bertz CT molecular complexity index is 750. The molecule has 26 heavy (non-hydrogen) atoms. The van der Waals surface area contributed by atoms with Crippen molar-refractivity contribution in [3.05, 3.63) is 47.0 Å². The van der Waals surface area contributed by atoms with Gasteiger partial charge < -0.3 is 15.5 Å². The summed E-state index contributed by atoms with van der Waals surface area (Å²) in [6.45, 7) is 6.23. The molecule has 6 nitrogen and oxygen atoms in total. The second-order valence-electron chi connectivity index (χ2n) is 6.54. The van der Waals surface area contributed by atoms with Crippen molar-refractivity contribution in [1.29, 1.82) is 0 Å². The molecule has 0 saturated carbocycles. The van der Waals surface area contributed by atoms with Crippen LogP contribution in [0.1, 0.15) is 23.4 Å². The summed E-state index contributed by atoms with van der Waals surface area (Å²) >= 11 is 0. The third-order valence-corrected chi connectivity index (χ3v) is 4.12. The number of guanidine groups is 1. The van der Waals surface area contributed by atoms with E-state index in [1.165, 1.54) is 5.69 Å². The molecule has 0 bridgehead atoms. The van der Waals surface area contributed by atoms with Gasteiger partial charge in [0.15, 0.2) is 5.96 Å². The molecule has 0 spiro atoms. The number of aryl methyl sites for hydroxylation is 3. The number of hydrogen-bond acceptors (Lipinski definition) is 3. The maximum absolute atomic E-state index is 14.0. The SMILES string of the molecule is CN=C(NCCCn1nc(C)cc1C)NCc1ccc(N(C)C)c(F)c1. The van der Waals surface area contributed by atoms with Gasteiger partial charge in [0.1, 0.15) is 5.82 Å². The molecule has 1 aromatic heterocycles. The maximum atomic E-state index is 14.0. The fourth-order valence-corrected chi connectivity index (χ4v) is 2.77. The fourth-order valence-electron chi connectivity index (χ4n) is 2.77. The number of halogens is 1. The quantitative estimate of drug-likeness (QED) is 0.452. The number of nitrogens with one attached hydrogen (secondary N) is 2. The van der Waals surface area contributed by atoms with E-state index in [0.717, 1.165) is 30.8 Å². The minimum atomic E-state index is -0.220. The summed E-state index contributed by atoms with van der Waals surface area (Å²) in [5, 5.41) is 10.9. The van der Waals surface area contributed by atoms with Crippen molar-refractivity contribution in [2.75, 3.05) is 32.6 Å².